The van der Waals surface area contributed by atoms with Crippen molar-refractivity contribution in [1.29, 1.82) is 0 Å². The summed E-state index contributed by atoms with van der Waals surface area (Å²) in [6.07, 6.45) is 5.14. The minimum Gasteiger partial charge on any atom is -0.447 e. The highest BCUT2D eigenvalue weighted by Crippen LogP contribution is 2.38. The number of hydrogen-bond donors (Lipinski definition) is 0. The fourth-order valence-electron chi connectivity index (χ4n) is 4.12. The van der Waals surface area contributed by atoms with Crippen LogP contribution in [-0.4, -0.2) is 35.2 Å². The van der Waals surface area contributed by atoms with E-state index in [9.17, 15) is 4.79 Å². The molecule has 2 aliphatic rings. The van der Waals surface area contributed by atoms with Crippen LogP contribution >= 0.6 is 11.6 Å². The van der Waals surface area contributed by atoms with Crippen LogP contribution < -0.4 is 0 Å². The molecule has 1 aromatic carbocycles. The predicted octanol–water partition coefficient (Wildman–Crippen LogP) is 5.28. The molecule has 4 rings (SSSR count). The second-order valence-corrected chi connectivity index (χ2v) is 8.15. The number of halogens is 1. The van der Waals surface area contributed by atoms with Gasteiger partial charge in [-0.3, -0.25) is 4.98 Å². The van der Waals surface area contributed by atoms with Crippen molar-refractivity contribution in [2.24, 2.45) is 0 Å². The molecule has 0 spiro atoms. The average Bonchev–Trinajstić information content (AvgIpc) is 2.84. The number of ether oxygens (including phenoxy) is 1. The molecular weight excluding hydrogens is 372 g/mol. The maximum atomic E-state index is 12.2. The third-order valence-corrected chi connectivity index (χ3v) is 5.68. The van der Waals surface area contributed by atoms with Crippen LogP contribution in [0.15, 0.2) is 42.1 Å². The number of amides is 1. The first kappa shape index (κ1) is 19.0. The first-order valence-electron chi connectivity index (χ1n) is 9.93. The van der Waals surface area contributed by atoms with Crippen molar-refractivity contribution in [3.8, 4) is 0 Å². The van der Waals surface area contributed by atoms with Gasteiger partial charge in [0.25, 0.3) is 0 Å². The van der Waals surface area contributed by atoms with E-state index in [1.54, 1.807) is 0 Å². The molecule has 1 aliphatic heterocycles. The smallest absolute Gasteiger partial charge is 0.410 e. The van der Waals surface area contributed by atoms with Gasteiger partial charge in [0.15, 0.2) is 0 Å². The van der Waals surface area contributed by atoms with Gasteiger partial charge in [0.1, 0.15) is 0 Å². The van der Waals surface area contributed by atoms with E-state index in [4.69, 9.17) is 21.3 Å². The quantitative estimate of drug-likeness (QED) is 0.658. The Morgan fingerprint density at radius 3 is 2.61 bits per heavy atom. The molecule has 1 aromatic heterocycles. The monoisotopic (exact) mass is 396 g/mol. The Hall–Kier alpha value is -2.33. The number of nitrogens with zero attached hydrogens (tertiary/aromatic N) is 2. The first-order chi connectivity index (χ1) is 13.5. The van der Waals surface area contributed by atoms with Crippen LogP contribution in [-0.2, 0) is 17.6 Å². The van der Waals surface area contributed by atoms with Crippen LogP contribution in [0.5, 0.6) is 0 Å². The van der Waals surface area contributed by atoms with Crippen LogP contribution in [0.1, 0.15) is 49.1 Å². The lowest BCUT2D eigenvalue weighted by Gasteiger charge is -2.30. The molecule has 0 saturated carbocycles. The Morgan fingerprint density at radius 2 is 1.86 bits per heavy atom. The molecule has 1 aliphatic carbocycles. The van der Waals surface area contributed by atoms with E-state index in [1.807, 2.05) is 37.1 Å². The molecule has 2 heterocycles. The number of carbonyl (C=O) groups is 1. The normalized spacial score (nSPS) is 16.5. The lowest BCUT2D eigenvalue weighted by atomic mass is 9.88. The number of aromatic nitrogens is 1. The second-order valence-electron chi connectivity index (χ2n) is 7.71. The fourth-order valence-corrected chi connectivity index (χ4v) is 4.31. The van der Waals surface area contributed by atoms with Crippen LogP contribution in [0.4, 0.5) is 4.79 Å². The zero-order valence-corrected chi connectivity index (χ0v) is 17.1. The molecule has 28 heavy (non-hydrogen) atoms. The second kappa shape index (κ2) is 7.96. The van der Waals surface area contributed by atoms with Gasteiger partial charge < -0.3 is 9.64 Å². The van der Waals surface area contributed by atoms with Crippen molar-refractivity contribution < 1.29 is 9.53 Å². The lowest BCUT2D eigenvalue weighted by Crippen LogP contribution is -2.38. The van der Waals surface area contributed by atoms with Gasteiger partial charge in [-0.2, -0.15) is 0 Å². The Kier molecular flexibility index (Phi) is 5.40. The number of likely N-dealkylation sites (tertiary alicyclic amines) is 1. The number of piperidine rings is 1. The number of hydrogen-bond acceptors (Lipinski definition) is 3. The summed E-state index contributed by atoms with van der Waals surface area (Å²) < 4.78 is 5.36. The van der Waals surface area contributed by atoms with Crippen molar-refractivity contribution in [2.45, 2.75) is 45.6 Å². The van der Waals surface area contributed by atoms with Gasteiger partial charge in [0.2, 0.25) is 0 Å². The SMILES string of the molecule is CC(C)OC(=O)N1CCC(=C2c3ccc(Cl)cc3CCc3cccnc32)CC1. The average molecular weight is 397 g/mol. The molecule has 0 bridgehead atoms. The highest BCUT2D eigenvalue weighted by Gasteiger charge is 2.27. The van der Waals surface area contributed by atoms with Gasteiger partial charge >= 0.3 is 6.09 Å². The third-order valence-electron chi connectivity index (χ3n) is 5.44. The largest absolute Gasteiger partial charge is 0.447 e. The predicted molar refractivity (Wildman–Crippen MR) is 112 cm³/mol. The zero-order chi connectivity index (χ0) is 19.7. The Balaban J connectivity index is 1.72. The Morgan fingerprint density at radius 1 is 1.11 bits per heavy atom. The lowest BCUT2D eigenvalue weighted by molar-refractivity contribution is 0.0746. The minimum atomic E-state index is -0.217. The van der Waals surface area contributed by atoms with E-state index in [0.717, 1.165) is 36.4 Å². The maximum Gasteiger partial charge on any atom is 0.410 e. The summed E-state index contributed by atoms with van der Waals surface area (Å²) in [5, 5.41) is 0.772. The molecule has 0 unspecified atom stereocenters. The van der Waals surface area contributed by atoms with E-state index in [-0.39, 0.29) is 12.2 Å². The summed E-state index contributed by atoms with van der Waals surface area (Å²) in [5.41, 5.74) is 7.45. The van der Waals surface area contributed by atoms with Crippen LogP contribution in [0.2, 0.25) is 5.02 Å². The Labute approximate surface area is 171 Å². The highest BCUT2D eigenvalue weighted by molar-refractivity contribution is 6.30. The van der Waals surface area contributed by atoms with Crippen LogP contribution in [0.3, 0.4) is 0 Å². The highest BCUT2D eigenvalue weighted by atomic mass is 35.5. The minimum absolute atomic E-state index is 0.0955. The van der Waals surface area contributed by atoms with E-state index in [2.05, 4.69) is 18.2 Å². The van der Waals surface area contributed by atoms with Crippen LogP contribution in [0.25, 0.3) is 5.57 Å². The molecule has 146 valence electrons. The molecule has 5 heteroatoms. The molecule has 0 atom stereocenters. The van der Waals surface area contributed by atoms with E-state index >= 15 is 0 Å². The first-order valence-corrected chi connectivity index (χ1v) is 10.3. The van der Waals surface area contributed by atoms with Crippen molar-refractivity contribution >= 4 is 23.3 Å². The summed E-state index contributed by atoms with van der Waals surface area (Å²) in [6, 6.07) is 10.4. The summed E-state index contributed by atoms with van der Waals surface area (Å²) in [7, 11) is 0. The molecule has 0 radical (unpaired) electrons. The number of fused-ring (bicyclic) bond motifs is 2. The molecular formula is C23H25ClN2O2. The van der Waals surface area contributed by atoms with E-state index < -0.39 is 0 Å². The van der Waals surface area contributed by atoms with Crippen molar-refractivity contribution in [1.82, 2.24) is 9.88 Å². The van der Waals surface area contributed by atoms with E-state index in [1.165, 1.54) is 27.8 Å². The van der Waals surface area contributed by atoms with Gasteiger partial charge in [-0.1, -0.05) is 29.3 Å². The standard InChI is InChI=1S/C23H25ClN2O2/c1-15(2)28-23(27)26-12-9-16(10-13-26)21-20-8-7-19(24)14-18(20)6-5-17-4-3-11-25-22(17)21/h3-4,7-8,11,14-15H,5-6,9-10,12-13H2,1-2H3. The summed E-state index contributed by atoms with van der Waals surface area (Å²) in [6.45, 7) is 5.11. The van der Waals surface area contributed by atoms with Gasteiger partial charge in [0, 0.05) is 29.9 Å². The van der Waals surface area contributed by atoms with Crippen LogP contribution in [0, 0.1) is 0 Å². The van der Waals surface area contributed by atoms with Gasteiger partial charge in [0.05, 0.1) is 11.8 Å². The zero-order valence-electron chi connectivity index (χ0n) is 16.4. The number of benzene rings is 1. The van der Waals surface area contributed by atoms with Gasteiger partial charge in [-0.05, 0) is 74.4 Å². The number of rotatable bonds is 1. The maximum absolute atomic E-state index is 12.2. The molecule has 0 N–H and O–H groups in total. The van der Waals surface area contributed by atoms with Gasteiger partial charge in [-0.25, -0.2) is 4.79 Å². The summed E-state index contributed by atoms with van der Waals surface area (Å²) in [5.74, 6) is 0. The summed E-state index contributed by atoms with van der Waals surface area (Å²) in [4.78, 5) is 18.8. The fraction of sp³-hybridized carbons (Fsp3) is 0.391. The molecule has 1 saturated heterocycles. The van der Waals surface area contributed by atoms with Gasteiger partial charge in [-0.15, -0.1) is 0 Å². The topological polar surface area (TPSA) is 42.4 Å². The molecule has 1 fully saturated rings. The molecule has 2 aromatic rings. The Bertz CT molecular complexity index is 926. The number of aryl methyl sites for hydroxylation is 2. The van der Waals surface area contributed by atoms with Crippen molar-refractivity contribution in [2.75, 3.05) is 13.1 Å². The number of pyridine rings is 1. The van der Waals surface area contributed by atoms with Crippen molar-refractivity contribution in [3.05, 3.63) is 69.5 Å². The number of carbonyl (C=O) groups excluding carboxylic acids is 1. The summed E-state index contributed by atoms with van der Waals surface area (Å²) >= 11 is 6.28. The molecule has 4 nitrogen and oxygen atoms in total. The third kappa shape index (κ3) is 3.79. The van der Waals surface area contributed by atoms with E-state index in [0.29, 0.717) is 13.1 Å². The molecule has 1 amide bonds. The van der Waals surface area contributed by atoms with Crippen molar-refractivity contribution in [3.63, 3.8) is 0 Å².